The standard InChI is InChI=1S/C22H20F7N5O4/c1-30-9-15(35)10-34-19(36)33(11-31-34)17-8-12(21(24,25)26)7-16(22(27,28)29)18(17)38-20(37)32(2)14-5-3-13(23)4-6-14/h3-8,11,15,30,35H,9-10H2,1-2H3/i2D3. The van der Waals surface area contributed by atoms with E-state index >= 15 is 0 Å². The first kappa shape index (κ1) is 24.4. The molecule has 1 aromatic heterocycles. The molecule has 0 aliphatic heterocycles. The third-order valence-electron chi connectivity index (χ3n) is 4.98. The summed E-state index contributed by atoms with van der Waals surface area (Å²) in [5, 5.41) is 16.1. The maximum Gasteiger partial charge on any atom is 0.420 e. The number of likely N-dealkylation sites (N-methyl/N-ethyl adjacent to an activating group) is 1. The highest BCUT2D eigenvalue weighted by atomic mass is 19.4. The highest BCUT2D eigenvalue weighted by molar-refractivity contribution is 5.89. The van der Waals surface area contributed by atoms with E-state index in [1.807, 2.05) is 0 Å². The third-order valence-corrected chi connectivity index (χ3v) is 4.98. The average molecular weight is 554 g/mol. The summed E-state index contributed by atoms with van der Waals surface area (Å²) in [7, 11) is 1.46. The van der Waals surface area contributed by atoms with E-state index in [9.17, 15) is 45.4 Å². The molecule has 0 fully saturated rings. The molecule has 0 radical (unpaired) electrons. The number of nitrogens with zero attached hydrogens (tertiary/aromatic N) is 4. The Morgan fingerprint density at radius 3 is 2.39 bits per heavy atom. The van der Waals surface area contributed by atoms with Gasteiger partial charge in [0.05, 0.1) is 23.9 Å². The van der Waals surface area contributed by atoms with Crippen molar-refractivity contribution in [3.8, 4) is 11.4 Å². The zero-order valence-electron chi connectivity index (χ0n) is 22.1. The molecule has 3 rings (SSSR count). The molecule has 1 amide bonds. The van der Waals surface area contributed by atoms with Gasteiger partial charge in [0.2, 0.25) is 0 Å². The molecule has 1 heterocycles. The van der Waals surface area contributed by atoms with Crippen molar-refractivity contribution in [1.29, 1.82) is 0 Å². The fourth-order valence-electron chi connectivity index (χ4n) is 3.23. The summed E-state index contributed by atoms with van der Waals surface area (Å²) in [5.41, 5.74) is -7.20. The van der Waals surface area contributed by atoms with E-state index in [2.05, 4.69) is 10.4 Å². The van der Waals surface area contributed by atoms with Crippen LogP contribution in [0.2, 0.25) is 0 Å². The molecule has 1 atom stereocenters. The Hall–Kier alpha value is -3.92. The molecule has 0 saturated heterocycles. The second kappa shape index (κ2) is 10.8. The number of halogens is 7. The number of aromatic nitrogens is 3. The van der Waals surface area contributed by atoms with Gasteiger partial charge in [0.15, 0.2) is 5.75 Å². The number of aliphatic hydroxyl groups is 1. The first-order chi connectivity index (χ1) is 18.8. The predicted molar refractivity (Wildman–Crippen MR) is 119 cm³/mol. The fraction of sp³-hybridized carbons (Fsp3) is 0.318. The molecule has 9 nitrogen and oxygen atoms in total. The molecule has 0 aliphatic carbocycles. The van der Waals surface area contributed by atoms with Gasteiger partial charge < -0.3 is 15.2 Å². The Kier molecular flexibility index (Phi) is 6.96. The molecule has 2 N–H and O–H groups in total. The number of carbonyl (C=O) groups is 1. The Balaban J connectivity index is 2.26. The number of aliphatic hydroxyl groups excluding tert-OH is 1. The maximum absolute atomic E-state index is 14.1. The minimum atomic E-state index is -5.62. The lowest BCUT2D eigenvalue weighted by Gasteiger charge is -2.22. The van der Waals surface area contributed by atoms with Gasteiger partial charge in [-0.25, -0.2) is 23.2 Å². The number of amides is 1. The van der Waals surface area contributed by atoms with Crippen LogP contribution >= 0.6 is 0 Å². The SMILES string of the molecule is [2H]C([2H])([2H])N(C(=O)Oc1c(-n2cnn(CC(O)CNC)c2=O)cc(C(F)(F)F)cc1C(F)(F)F)c1ccc(F)cc1. The van der Waals surface area contributed by atoms with Crippen molar-refractivity contribution in [3.63, 3.8) is 0 Å². The number of rotatable bonds is 7. The molecule has 3 aromatic rings. The van der Waals surface area contributed by atoms with Crippen LogP contribution < -0.4 is 20.6 Å². The van der Waals surface area contributed by atoms with Gasteiger partial charge in [-0.1, -0.05) is 0 Å². The molecular formula is C22H20F7N5O4. The predicted octanol–water partition coefficient (Wildman–Crippen LogP) is 3.43. The quantitative estimate of drug-likeness (QED) is 0.434. The van der Waals surface area contributed by atoms with Crippen LogP contribution in [0.1, 0.15) is 15.2 Å². The summed E-state index contributed by atoms with van der Waals surface area (Å²) >= 11 is 0. The summed E-state index contributed by atoms with van der Waals surface area (Å²) in [5.74, 6) is -2.50. The molecule has 0 spiro atoms. The highest BCUT2D eigenvalue weighted by Crippen LogP contribution is 2.44. The Labute approximate surface area is 213 Å². The monoisotopic (exact) mass is 554 g/mol. The van der Waals surface area contributed by atoms with Crippen LogP contribution in [-0.4, -0.2) is 52.2 Å². The molecule has 1 unspecified atom stereocenters. The Bertz CT molecular complexity index is 1450. The lowest BCUT2D eigenvalue weighted by atomic mass is 10.1. The first-order valence-electron chi connectivity index (χ1n) is 11.9. The van der Waals surface area contributed by atoms with Crippen molar-refractivity contribution in [2.24, 2.45) is 0 Å². The van der Waals surface area contributed by atoms with Crippen LogP contribution in [0, 0.1) is 5.82 Å². The fourth-order valence-corrected chi connectivity index (χ4v) is 3.23. The summed E-state index contributed by atoms with van der Waals surface area (Å²) in [4.78, 5) is 25.8. The van der Waals surface area contributed by atoms with Crippen molar-refractivity contribution in [2.75, 3.05) is 25.5 Å². The van der Waals surface area contributed by atoms with Crippen molar-refractivity contribution < 1.29 is 49.5 Å². The molecule has 16 heteroatoms. The largest absolute Gasteiger partial charge is 0.420 e. The highest BCUT2D eigenvalue weighted by Gasteiger charge is 2.42. The van der Waals surface area contributed by atoms with Crippen molar-refractivity contribution in [1.82, 2.24) is 19.7 Å². The van der Waals surface area contributed by atoms with E-state index in [0.29, 0.717) is 11.0 Å². The molecular weight excluding hydrogens is 531 g/mol. The summed E-state index contributed by atoms with van der Waals surface area (Å²) in [6, 6.07) is 2.77. The number of hydrogen-bond donors (Lipinski definition) is 2. The molecule has 206 valence electrons. The molecule has 0 saturated carbocycles. The smallest absolute Gasteiger partial charge is 0.407 e. The maximum atomic E-state index is 14.1. The molecule has 0 aliphatic rings. The molecule has 2 aromatic carbocycles. The molecule has 38 heavy (non-hydrogen) atoms. The van der Waals surface area contributed by atoms with Gasteiger partial charge in [-0.2, -0.15) is 31.4 Å². The van der Waals surface area contributed by atoms with Crippen LogP contribution in [0.25, 0.3) is 5.69 Å². The van der Waals surface area contributed by atoms with Gasteiger partial charge in [-0.3, -0.25) is 4.90 Å². The second-order valence-electron chi connectivity index (χ2n) is 7.72. The Morgan fingerprint density at radius 1 is 1.18 bits per heavy atom. The topological polar surface area (TPSA) is 102 Å². The van der Waals surface area contributed by atoms with Crippen LogP contribution in [0.3, 0.4) is 0 Å². The van der Waals surface area contributed by atoms with Crippen molar-refractivity contribution in [2.45, 2.75) is 25.0 Å². The second-order valence-corrected chi connectivity index (χ2v) is 7.72. The normalized spacial score (nSPS) is 14.4. The third kappa shape index (κ3) is 6.31. The van der Waals surface area contributed by atoms with Gasteiger partial charge in [0.25, 0.3) is 0 Å². The lowest BCUT2D eigenvalue weighted by molar-refractivity contribution is -0.143. The molecule has 0 bridgehead atoms. The van der Waals surface area contributed by atoms with Crippen LogP contribution in [-0.2, 0) is 18.9 Å². The minimum Gasteiger partial charge on any atom is -0.407 e. The van der Waals surface area contributed by atoms with Gasteiger partial charge in [-0.15, -0.1) is 0 Å². The van der Waals surface area contributed by atoms with Crippen molar-refractivity contribution >= 4 is 11.8 Å². The summed E-state index contributed by atoms with van der Waals surface area (Å²) in [6.45, 7) is -4.01. The number of anilines is 1. The van der Waals surface area contributed by atoms with Crippen molar-refractivity contribution in [3.05, 3.63) is 70.2 Å². The van der Waals surface area contributed by atoms with Crippen LogP contribution in [0.5, 0.6) is 5.75 Å². The number of carbonyl (C=O) groups excluding carboxylic acids is 1. The number of hydrogen-bond acceptors (Lipinski definition) is 6. The minimum absolute atomic E-state index is 0.0573. The lowest BCUT2D eigenvalue weighted by Crippen LogP contribution is -2.34. The zero-order valence-corrected chi connectivity index (χ0v) is 19.1. The number of nitrogens with one attached hydrogen (secondary N) is 1. The average Bonchev–Trinajstić information content (AvgIpc) is 3.18. The number of ether oxygens (including phenoxy) is 1. The summed E-state index contributed by atoms with van der Waals surface area (Å²) in [6.07, 6.45) is -13.7. The van der Waals surface area contributed by atoms with E-state index in [0.717, 1.165) is 24.3 Å². The number of benzene rings is 2. The van der Waals surface area contributed by atoms with E-state index in [1.165, 1.54) is 7.05 Å². The van der Waals surface area contributed by atoms with Crippen LogP contribution in [0.15, 0.2) is 47.5 Å². The van der Waals surface area contributed by atoms with E-state index in [1.54, 1.807) is 0 Å². The van der Waals surface area contributed by atoms with Gasteiger partial charge in [0, 0.05) is 23.3 Å². The zero-order chi connectivity index (χ0) is 30.9. The first-order valence-corrected chi connectivity index (χ1v) is 10.4. The van der Waals surface area contributed by atoms with Gasteiger partial charge >= 0.3 is 24.1 Å². The van der Waals surface area contributed by atoms with E-state index < -0.39 is 77.8 Å². The van der Waals surface area contributed by atoms with Gasteiger partial charge in [-0.05, 0) is 43.4 Å². The van der Waals surface area contributed by atoms with Crippen LogP contribution in [0.4, 0.5) is 41.2 Å². The van der Waals surface area contributed by atoms with Gasteiger partial charge in [0.1, 0.15) is 17.7 Å². The van der Waals surface area contributed by atoms with E-state index in [4.69, 9.17) is 8.85 Å². The summed E-state index contributed by atoms with van der Waals surface area (Å²) < 4.78 is 125. The number of alkyl halides is 6. The Morgan fingerprint density at radius 2 is 1.84 bits per heavy atom. The van der Waals surface area contributed by atoms with E-state index in [-0.39, 0.29) is 28.1 Å².